The lowest BCUT2D eigenvalue weighted by Gasteiger charge is -2.30. The fourth-order valence-electron chi connectivity index (χ4n) is 2.24. The smallest absolute Gasteiger partial charge is 0.138 e. The highest BCUT2D eigenvalue weighted by atomic mass is 32.1. The molecule has 2 N–H and O–H groups in total. The number of ketones is 1. The van der Waals surface area contributed by atoms with Crippen LogP contribution in [0.25, 0.3) is 0 Å². The van der Waals surface area contributed by atoms with Crippen molar-refractivity contribution < 1.29 is 4.79 Å². The van der Waals surface area contributed by atoms with E-state index in [4.69, 9.17) is 5.73 Å². The van der Waals surface area contributed by atoms with Crippen LogP contribution in [0, 0.1) is 11.3 Å². The number of Topliss-reactive ketones (excluding diaryl/α,β-unsaturated/α-hetero) is 1. The van der Waals surface area contributed by atoms with E-state index in [1.165, 1.54) is 4.88 Å². The summed E-state index contributed by atoms with van der Waals surface area (Å²) in [4.78, 5) is 13.1. The van der Waals surface area contributed by atoms with Crippen LogP contribution in [0.2, 0.25) is 0 Å². The largest absolute Gasteiger partial charge is 0.330 e. The fourth-order valence-corrected chi connectivity index (χ4v) is 2.98. The molecule has 18 heavy (non-hydrogen) atoms. The van der Waals surface area contributed by atoms with Gasteiger partial charge in [0, 0.05) is 17.7 Å². The van der Waals surface area contributed by atoms with Gasteiger partial charge < -0.3 is 5.73 Å². The summed E-state index contributed by atoms with van der Waals surface area (Å²) in [6.07, 6.45) is 3.25. The first-order valence-corrected chi connectivity index (χ1v) is 7.55. The molecule has 1 unspecified atom stereocenters. The van der Waals surface area contributed by atoms with Gasteiger partial charge >= 0.3 is 0 Å². The van der Waals surface area contributed by atoms with Crippen molar-refractivity contribution in [2.75, 3.05) is 6.54 Å². The molecule has 1 rings (SSSR count). The Kier molecular flexibility index (Phi) is 6.03. The third-order valence-corrected chi connectivity index (χ3v) is 4.34. The van der Waals surface area contributed by atoms with E-state index in [0.29, 0.717) is 31.1 Å². The van der Waals surface area contributed by atoms with Crippen molar-refractivity contribution in [1.29, 1.82) is 0 Å². The maximum atomic E-state index is 11.9. The summed E-state index contributed by atoms with van der Waals surface area (Å²) in [5, 5.41) is 2.02. The fraction of sp³-hybridized carbons (Fsp3) is 0.667. The van der Waals surface area contributed by atoms with Gasteiger partial charge in [0.25, 0.3) is 0 Å². The molecule has 1 atom stereocenters. The highest BCUT2D eigenvalue weighted by Crippen LogP contribution is 2.32. The van der Waals surface area contributed by atoms with Gasteiger partial charge in [-0.3, -0.25) is 4.79 Å². The van der Waals surface area contributed by atoms with Crippen LogP contribution in [-0.2, 0) is 11.2 Å². The second-order valence-electron chi connectivity index (χ2n) is 5.97. The van der Waals surface area contributed by atoms with Gasteiger partial charge in [-0.2, -0.15) is 0 Å². The molecule has 0 aliphatic heterocycles. The van der Waals surface area contributed by atoms with Crippen LogP contribution in [0.4, 0.5) is 0 Å². The lowest BCUT2D eigenvalue weighted by atomic mass is 9.76. The van der Waals surface area contributed by atoms with E-state index in [1.54, 1.807) is 11.3 Å². The highest BCUT2D eigenvalue weighted by Gasteiger charge is 2.24. The van der Waals surface area contributed by atoms with Gasteiger partial charge in [-0.1, -0.05) is 26.8 Å². The Balaban J connectivity index is 2.40. The number of rotatable bonds is 7. The van der Waals surface area contributed by atoms with Crippen LogP contribution >= 0.6 is 11.3 Å². The van der Waals surface area contributed by atoms with E-state index in [0.717, 1.165) is 12.8 Å². The molecule has 3 heteroatoms. The molecule has 0 aromatic carbocycles. The number of thiophene rings is 1. The minimum absolute atomic E-state index is 0.239. The topological polar surface area (TPSA) is 43.1 Å². The summed E-state index contributed by atoms with van der Waals surface area (Å²) < 4.78 is 0. The van der Waals surface area contributed by atoms with Gasteiger partial charge in [0.2, 0.25) is 0 Å². The third-order valence-electron chi connectivity index (χ3n) is 3.46. The zero-order valence-corrected chi connectivity index (χ0v) is 12.6. The molecule has 0 saturated heterocycles. The van der Waals surface area contributed by atoms with Crippen LogP contribution in [0.3, 0.4) is 0 Å². The van der Waals surface area contributed by atoms with Gasteiger partial charge in [0.15, 0.2) is 0 Å². The lowest BCUT2D eigenvalue weighted by Crippen LogP contribution is -2.24. The molecule has 0 spiro atoms. The molecule has 0 aliphatic rings. The van der Waals surface area contributed by atoms with E-state index >= 15 is 0 Å². The van der Waals surface area contributed by atoms with Crippen molar-refractivity contribution in [2.45, 2.75) is 46.5 Å². The molecule has 2 nitrogen and oxygen atoms in total. The Morgan fingerprint density at radius 3 is 2.61 bits per heavy atom. The Labute approximate surface area is 115 Å². The minimum Gasteiger partial charge on any atom is -0.330 e. The molecule has 0 fully saturated rings. The average Bonchev–Trinajstić information content (AvgIpc) is 2.75. The molecule has 0 bridgehead atoms. The predicted octanol–water partition coefficient (Wildman–Crippen LogP) is 3.65. The van der Waals surface area contributed by atoms with E-state index < -0.39 is 0 Å². The molecule has 0 amide bonds. The van der Waals surface area contributed by atoms with E-state index in [-0.39, 0.29) is 5.41 Å². The van der Waals surface area contributed by atoms with Gasteiger partial charge in [0.1, 0.15) is 5.78 Å². The summed E-state index contributed by atoms with van der Waals surface area (Å²) >= 11 is 1.66. The summed E-state index contributed by atoms with van der Waals surface area (Å²) in [7, 11) is 0. The highest BCUT2D eigenvalue weighted by molar-refractivity contribution is 7.10. The maximum Gasteiger partial charge on any atom is 0.138 e. The van der Waals surface area contributed by atoms with Crippen molar-refractivity contribution >= 4 is 17.1 Å². The van der Waals surface area contributed by atoms with Crippen molar-refractivity contribution in [3.8, 4) is 0 Å². The van der Waals surface area contributed by atoms with Crippen LogP contribution in [-0.4, -0.2) is 12.3 Å². The number of carbonyl (C=O) groups excluding carboxylic acids is 1. The first-order chi connectivity index (χ1) is 8.43. The van der Waals surface area contributed by atoms with Crippen LogP contribution < -0.4 is 5.73 Å². The van der Waals surface area contributed by atoms with Gasteiger partial charge in [-0.25, -0.2) is 0 Å². The number of nitrogens with two attached hydrogens (primary N) is 1. The third kappa shape index (κ3) is 5.32. The molecule has 102 valence electrons. The first kappa shape index (κ1) is 15.4. The van der Waals surface area contributed by atoms with Gasteiger partial charge in [0.05, 0.1) is 0 Å². The van der Waals surface area contributed by atoms with Crippen LogP contribution in [0.1, 0.15) is 44.9 Å². The van der Waals surface area contributed by atoms with E-state index in [2.05, 4.69) is 20.8 Å². The van der Waals surface area contributed by atoms with Crippen LogP contribution in [0.15, 0.2) is 17.5 Å². The Morgan fingerprint density at radius 1 is 1.39 bits per heavy atom. The zero-order valence-electron chi connectivity index (χ0n) is 11.7. The van der Waals surface area contributed by atoms with Crippen molar-refractivity contribution in [3.63, 3.8) is 0 Å². The second-order valence-corrected chi connectivity index (χ2v) is 7.01. The molecular weight excluding hydrogens is 242 g/mol. The van der Waals surface area contributed by atoms with Crippen molar-refractivity contribution in [2.24, 2.45) is 17.1 Å². The Morgan fingerprint density at radius 2 is 2.11 bits per heavy atom. The standard InChI is InChI=1S/C15H25NOS/c1-15(2,3)12(8-9-16)6-7-13(17)11-14-5-4-10-18-14/h4-5,10,12H,6-9,11,16H2,1-3H3. The molecular formula is C15H25NOS. The Hall–Kier alpha value is -0.670. The molecule has 1 heterocycles. The van der Waals surface area contributed by atoms with E-state index in [9.17, 15) is 4.79 Å². The molecule has 0 saturated carbocycles. The lowest BCUT2D eigenvalue weighted by molar-refractivity contribution is -0.118. The maximum absolute atomic E-state index is 11.9. The summed E-state index contributed by atoms with van der Waals surface area (Å²) in [5.74, 6) is 0.888. The van der Waals surface area contributed by atoms with Crippen molar-refractivity contribution in [3.05, 3.63) is 22.4 Å². The number of hydrogen-bond acceptors (Lipinski definition) is 3. The second kappa shape index (κ2) is 7.05. The van der Waals surface area contributed by atoms with Crippen LogP contribution in [0.5, 0.6) is 0 Å². The zero-order chi connectivity index (χ0) is 13.6. The average molecular weight is 267 g/mol. The Bertz CT molecular complexity index is 351. The molecule has 0 aliphatic carbocycles. The quantitative estimate of drug-likeness (QED) is 0.819. The first-order valence-electron chi connectivity index (χ1n) is 6.67. The van der Waals surface area contributed by atoms with E-state index in [1.807, 2.05) is 17.5 Å². The molecule has 1 aromatic heterocycles. The predicted molar refractivity (Wildman–Crippen MR) is 78.9 cm³/mol. The summed E-state index contributed by atoms with van der Waals surface area (Å²) in [6.45, 7) is 7.41. The normalized spacial score (nSPS) is 13.6. The van der Waals surface area contributed by atoms with Gasteiger partial charge in [-0.15, -0.1) is 11.3 Å². The number of carbonyl (C=O) groups is 1. The van der Waals surface area contributed by atoms with Gasteiger partial charge in [-0.05, 0) is 42.2 Å². The molecule has 1 aromatic rings. The summed E-state index contributed by atoms with van der Waals surface area (Å²) in [5.41, 5.74) is 5.90. The minimum atomic E-state index is 0.239. The monoisotopic (exact) mass is 267 g/mol. The molecule has 0 radical (unpaired) electrons. The SMILES string of the molecule is CC(C)(C)C(CCN)CCC(=O)Cc1cccs1. The number of hydrogen-bond donors (Lipinski definition) is 1. The summed E-state index contributed by atoms with van der Waals surface area (Å²) in [6, 6.07) is 4.03. The van der Waals surface area contributed by atoms with Crippen molar-refractivity contribution in [1.82, 2.24) is 0 Å².